The molecule has 26 heavy (non-hydrogen) atoms. The summed E-state index contributed by atoms with van der Waals surface area (Å²) in [6, 6.07) is 14.1. The van der Waals surface area contributed by atoms with Crippen LogP contribution in [-0.2, 0) is 16.1 Å². The number of nitrogens with one attached hydrogen (secondary N) is 1. The van der Waals surface area contributed by atoms with E-state index in [0.29, 0.717) is 34.9 Å². The molecule has 0 saturated carbocycles. The Morgan fingerprint density at radius 3 is 2.69 bits per heavy atom. The SMILES string of the molecule is CCOc1ccccc1C(=O)NCC(=O)OCc1nc2ccccc2o1. The third kappa shape index (κ3) is 4.18. The van der Waals surface area contributed by atoms with Crippen LogP contribution in [0.3, 0.4) is 0 Å². The normalized spacial score (nSPS) is 10.5. The van der Waals surface area contributed by atoms with E-state index < -0.39 is 11.9 Å². The van der Waals surface area contributed by atoms with E-state index in [1.807, 2.05) is 19.1 Å². The van der Waals surface area contributed by atoms with Gasteiger partial charge in [0.05, 0.1) is 12.2 Å². The van der Waals surface area contributed by atoms with Crippen LogP contribution in [0.1, 0.15) is 23.2 Å². The molecule has 0 fully saturated rings. The first kappa shape index (κ1) is 17.5. The van der Waals surface area contributed by atoms with Crippen molar-refractivity contribution in [2.24, 2.45) is 0 Å². The molecule has 0 atom stereocenters. The fourth-order valence-electron chi connectivity index (χ4n) is 2.36. The van der Waals surface area contributed by atoms with Crippen LogP contribution in [0.2, 0.25) is 0 Å². The number of fused-ring (bicyclic) bond motifs is 1. The minimum Gasteiger partial charge on any atom is -0.493 e. The highest BCUT2D eigenvalue weighted by atomic mass is 16.5. The van der Waals surface area contributed by atoms with Crippen molar-refractivity contribution in [3.8, 4) is 5.75 Å². The Hall–Kier alpha value is -3.35. The number of oxazole rings is 1. The lowest BCUT2D eigenvalue weighted by Crippen LogP contribution is -2.30. The smallest absolute Gasteiger partial charge is 0.325 e. The van der Waals surface area contributed by atoms with Crippen molar-refractivity contribution in [2.45, 2.75) is 13.5 Å². The molecule has 0 saturated heterocycles. The van der Waals surface area contributed by atoms with Crippen molar-refractivity contribution in [1.29, 1.82) is 0 Å². The summed E-state index contributed by atoms with van der Waals surface area (Å²) in [5.74, 6) is -0.234. The second kappa shape index (κ2) is 8.15. The fourth-order valence-corrected chi connectivity index (χ4v) is 2.36. The summed E-state index contributed by atoms with van der Waals surface area (Å²) in [5.41, 5.74) is 1.68. The van der Waals surface area contributed by atoms with Gasteiger partial charge in [0.1, 0.15) is 17.8 Å². The van der Waals surface area contributed by atoms with Crippen LogP contribution in [-0.4, -0.2) is 30.0 Å². The summed E-state index contributed by atoms with van der Waals surface area (Å²) < 4.78 is 15.9. The van der Waals surface area contributed by atoms with E-state index in [4.69, 9.17) is 13.9 Å². The second-order valence-electron chi connectivity index (χ2n) is 5.35. The van der Waals surface area contributed by atoms with Crippen molar-refractivity contribution in [3.05, 3.63) is 60.0 Å². The zero-order chi connectivity index (χ0) is 18.4. The third-order valence-corrected chi connectivity index (χ3v) is 3.52. The number of hydrogen-bond donors (Lipinski definition) is 1. The minimum absolute atomic E-state index is 0.0983. The van der Waals surface area contributed by atoms with Gasteiger partial charge in [-0.2, -0.15) is 0 Å². The number of amides is 1. The zero-order valence-electron chi connectivity index (χ0n) is 14.2. The molecule has 3 rings (SSSR count). The molecule has 7 nitrogen and oxygen atoms in total. The highest BCUT2D eigenvalue weighted by Gasteiger charge is 2.14. The van der Waals surface area contributed by atoms with Gasteiger partial charge in [-0.05, 0) is 31.2 Å². The maximum absolute atomic E-state index is 12.2. The number of esters is 1. The average molecular weight is 354 g/mol. The molecule has 0 aliphatic rings. The third-order valence-electron chi connectivity index (χ3n) is 3.52. The number of hydrogen-bond acceptors (Lipinski definition) is 6. The number of para-hydroxylation sites is 3. The fraction of sp³-hybridized carbons (Fsp3) is 0.211. The Balaban J connectivity index is 1.51. The summed E-state index contributed by atoms with van der Waals surface area (Å²) in [5, 5.41) is 2.52. The summed E-state index contributed by atoms with van der Waals surface area (Å²) in [7, 11) is 0. The maximum atomic E-state index is 12.2. The van der Waals surface area contributed by atoms with Crippen molar-refractivity contribution >= 4 is 23.0 Å². The van der Waals surface area contributed by atoms with Crippen LogP contribution in [0.25, 0.3) is 11.1 Å². The molecule has 0 radical (unpaired) electrons. The highest BCUT2D eigenvalue weighted by molar-refractivity contribution is 5.98. The van der Waals surface area contributed by atoms with E-state index >= 15 is 0 Å². The Labute approximate surface area is 149 Å². The first-order valence-electron chi connectivity index (χ1n) is 8.17. The zero-order valence-corrected chi connectivity index (χ0v) is 14.2. The Kier molecular flexibility index (Phi) is 5.48. The Bertz CT molecular complexity index is 886. The van der Waals surface area contributed by atoms with Crippen molar-refractivity contribution in [2.75, 3.05) is 13.2 Å². The molecule has 0 bridgehead atoms. The lowest BCUT2D eigenvalue weighted by Gasteiger charge is -2.10. The van der Waals surface area contributed by atoms with E-state index in [2.05, 4.69) is 10.3 Å². The maximum Gasteiger partial charge on any atom is 0.325 e. The lowest BCUT2D eigenvalue weighted by atomic mass is 10.2. The van der Waals surface area contributed by atoms with Gasteiger partial charge in [-0.25, -0.2) is 4.98 Å². The number of carbonyl (C=O) groups is 2. The average Bonchev–Trinajstić information content (AvgIpc) is 3.08. The van der Waals surface area contributed by atoms with Crippen molar-refractivity contribution in [1.82, 2.24) is 10.3 Å². The summed E-state index contributed by atoms with van der Waals surface area (Å²) in [6.07, 6.45) is 0. The van der Waals surface area contributed by atoms with Crippen molar-refractivity contribution < 1.29 is 23.5 Å². The van der Waals surface area contributed by atoms with Crippen molar-refractivity contribution in [3.63, 3.8) is 0 Å². The lowest BCUT2D eigenvalue weighted by molar-refractivity contribution is -0.144. The van der Waals surface area contributed by atoms with Crippen LogP contribution in [0, 0.1) is 0 Å². The van der Waals surface area contributed by atoms with Gasteiger partial charge in [0.25, 0.3) is 5.91 Å². The number of nitrogens with zero attached hydrogens (tertiary/aromatic N) is 1. The van der Waals surface area contributed by atoms with Gasteiger partial charge in [0, 0.05) is 0 Å². The van der Waals surface area contributed by atoms with Crippen LogP contribution in [0.15, 0.2) is 52.9 Å². The van der Waals surface area contributed by atoms with Crippen LogP contribution >= 0.6 is 0 Å². The predicted molar refractivity (Wildman–Crippen MR) is 93.7 cm³/mol. The topological polar surface area (TPSA) is 90.7 Å². The summed E-state index contributed by atoms with van der Waals surface area (Å²) in [4.78, 5) is 28.3. The molecule has 1 amide bonds. The summed E-state index contributed by atoms with van der Waals surface area (Å²) >= 11 is 0. The van der Waals surface area contributed by atoms with Gasteiger partial charge in [-0.1, -0.05) is 24.3 Å². The molecular formula is C19H18N2O5. The number of ether oxygens (including phenoxy) is 2. The van der Waals surface area contributed by atoms with Crippen LogP contribution in [0.4, 0.5) is 0 Å². The van der Waals surface area contributed by atoms with E-state index in [9.17, 15) is 9.59 Å². The molecule has 1 heterocycles. The van der Waals surface area contributed by atoms with E-state index in [1.165, 1.54) is 0 Å². The molecule has 7 heteroatoms. The molecule has 2 aromatic carbocycles. The number of aromatic nitrogens is 1. The Morgan fingerprint density at radius 1 is 1.12 bits per heavy atom. The van der Waals surface area contributed by atoms with E-state index in [1.54, 1.807) is 36.4 Å². The van der Waals surface area contributed by atoms with Crippen LogP contribution in [0.5, 0.6) is 5.75 Å². The van der Waals surface area contributed by atoms with E-state index in [-0.39, 0.29) is 13.2 Å². The molecule has 1 N–H and O–H groups in total. The number of rotatable bonds is 7. The number of benzene rings is 2. The van der Waals surface area contributed by atoms with Gasteiger partial charge in [-0.3, -0.25) is 9.59 Å². The van der Waals surface area contributed by atoms with Gasteiger partial charge in [0.2, 0.25) is 5.89 Å². The second-order valence-corrected chi connectivity index (χ2v) is 5.35. The van der Waals surface area contributed by atoms with Gasteiger partial charge < -0.3 is 19.2 Å². The monoisotopic (exact) mass is 354 g/mol. The molecule has 0 aliphatic heterocycles. The number of carbonyl (C=O) groups excluding carboxylic acids is 2. The predicted octanol–water partition coefficient (Wildman–Crippen LogP) is 2.70. The molecule has 3 aromatic rings. The Morgan fingerprint density at radius 2 is 1.88 bits per heavy atom. The summed E-state index contributed by atoms with van der Waals surface area (Å²) in [6.45, 7) is 1.91. The largest absolute Gasteiger partial charge is 0.493 e. The van der Waals surface area contributed by atoms with Gasteiger partial charge in [0.15, 0.2) is 12.2 Å². The minimum atomic E-state index is -0.588. The van der Waals surface area contributed by atoms with Crippen LogP contribution < -0.4 is 10.1 Å². The molecule has 0 aliphatic carbocycles. The molecular weight excluding hydrogens is 336 g/mol. The molecule has 134 valence electrons. The molecule has 1 aromatic heterocycles. The molecule has 0 spiro atoms. The highest BCUT2D eigenvalue weighted by Crippen LogP contribution is 2.18. The first-order chi connectivity index (χ1) is 12.7. The van der Waals surface area contributed by atoms with E-state index in [0.717, 1.165) is 0 Å². The first-order valence-corrected chi connectivity index (χ1v) is 8.17. The molecule has 0 unspecified atom stereocenters. The standard InChI is InChI=1S/C19H18N2O5/c1-2-24-15-9-5-3-7-13(15)19(23)20-11-18(22)25-12-17-21-14-8-4-6-10-16(14)26-17/h3-10H,2,11-12H2,1H3,(H,20,23). The van der Waals surface area contributed by atoms with Gasteiger partial charge in [-0.15, -0.1) is 0 Å². The quantitative estimate of drug-likeness (QED) is 0.656. The van der Waals surface area contributed by atoms with Gasteiger partial charge >= 0.3 is 5.97 Å².